The van der Waals surface area contributed by atoms with Crippen molar-refractivity contribution in [2.75, 3.05) is 20.1 Å². The molecule has 0 heterocycles. The molecule has 3 nitrogen and oxygen atoms in total. The SMILES string of the molecule is C=CC(=O)OC(CCC)[N+](C)(CC)CC. The predicted molar refractivity (Wildman–Crippen MR) is 62.3 cm³/mol. The Kier molecular flexibility index (Phi) is 6.25. The first-order valence-electron chi connectivity index (χ1n) is 5.71. The Balaban J connectivity index is 4.61. The third kappa shape index (κ3) is 4.04. The van der Waals surface area contributed by atoms with Crippen LogP contribution in [0.1, 0.15) is 33.6 Å². The molecule has 15 heavy (non-hydrogen) atoms. The number of hydrogen-bond donors (Lipinski definition) is 0. The minimum Gasteiger partial charge on any atom is -0.409 e. The Labute approximate surface area is 93.3 Å². The summed E-state index contributed by atoms with van der Waals surface area (Å²) in [5.41, 5.74) is 0. The molecule has 0 spiro atoms. The molecule has 1 unspecified atom stereocenters. The topological polar surface area (TPSA) is 26.3 Å². The first-order chi connectivity index (χ1) is 7.03. The van der Waals surface area contributed by atoms with E-state index in [4.69, 9.17) is 4.74 Å². The smallest absolute Gasteiger partial charge is 0.334 e. The Hall–Kier alpha value is -0.830. The highest BCUT2D eigenvalue weighted by molar-refractivity contribution is 5.81. The Morgan fingerprint density at radius 1 is 1.40 bits per heavy atom. The fraction of sp³-hybridized carbons (Fsp3) is 0.750. The molecule has 0 N–H and O–H groups in total. The number of rotatable bonds is 7. The molecule has 0 amide bonds. The molecule has 0 saturated heterocycles. The van der Waals surface area contributed by atoms with Crippen LogP contribution in [0.4, 0.5) is 0 Å². The first-order valence-corrected chi connectivity index (χ1v) is 5.71. The van der Waals surface area contributed by atoms with Crippen molar-refractivity contribution in [3.63, 3.8) is 0 Å². The van der Waals surface area contributed by atoms with Crippen LogP contribution in [-0.4, -0.2) is 36.8 Å². The van der Waals surface area contributed by atoms with Crippen molar-refractivity contribution in [3.8, 4) is 0 Å². The van der Waals surface area contributed by atoms with Gasteiger partial charge < -0.3 is 4.74 Å². The number of hydrogen-bond acceptors (Lipinski definition) is 2. The van der Waals surface area contributed by atoms with Crippen LogP contribution in [0.2, 0.25) is 0 Å². The number of carbonyl (C=O) groups is 1. The van der Waals surface area contributed by atoms with Gasteiger partial charge in [0.2, 0.25) is 6.23 Å². The second kappa shape index (κ2) is 6.62. The fourth-order valence-corrected chi connectivity index (χ4v) is 1.56. The molecular weight excluding hydrogens is 190 g/mol. The lowest BCUT2D eigenvalue weighted by molar-refractivity contribution is -0.949. The Morgan fingerprint density at radius 2 is 1.93 bits per heavy atom. The normalized spacial score (nSPS) is 13.3. The van der Waals surface area contributed by atoms with E-state index in [0.717, 1.165) is 30.4 Å². The lowest BCUT2D eigenvalue weighted by Gasteiger charge is -2.38. The Morgan fingerprint density at radius 3 is 2.27 bits per heavy atom. The number of esters is 1. The monoisotopic (exact) mass is 214 g/mol. The molecule has 0 saturated carbocycles. The molecule has 0 rings (SSSR count). The van der Waals surface area contributed by atoms with Crippen LogP contribution in [0.3, 0.4) is 0 Å². The van der Waals surface area contributed by atoms with Crippen LogP contribution >= 0.6 is 0 Å². The van der Waals surface area contributed by atoms with Crippen molar-refractivity contribution in [1.82, 2.24) is 0 Å². The van der Waals surface area contributed by atoms with E-state index in [-0.39, 0.29) is 12.2 Å². The van der Waals surface area contributed by atoms with Crippen LogP contribution in [0.5, 0.6) is 0 Å². The summed E-state index contributed by atoms with van der Waals surface area (Å²) in [4.78, 5) is 11.2. The van der Waals surface area contributed by atoms with Gasteiger partial charge >= 0.3 is 5.97 Å². The molecule has 0 fully saturated rings. The lowest BCUT2D eigenvalue weighted by atomic mass is 10.2. The molecule has 1 atom stereocenters. The van der Waals surface area contributed by atoms with Gasteiger partial charge in [0.15, 0.2) is 0 Å². The summed E-state index contributed by atoms with van der Waals surface area (Å²) in [7, 11) is 2.12. The molecule has 0 radical (unpaired) electrons. The van der Waals surface area contributed by atoms with Crippen molar-refractivity contribution < 1.29 is 14.0 Å². The van der Waals surface area contributed by atoms with Crippen LogP contribution in [-0.2, 0) is 9.53 Å². The second-order valence-electron chi connectivity index (χ2n) is 4.00. The quantitative estimate of drug-likeness (QED) is 0.281. The van der Waals surface area contributed by atoms with Gasteiger partial charge in [0.05, 0.1) is 20.1 Å². The molecule has 3 heteroatoms. The average Bonchev–Trinajstić information content (AvgIpc) is 2.27. The van der Waals surface area contributed by atoms with E-state index in [1.54, 1.807) is 0 Å². The highest BCUT2D eigenvalue weighted by Gasteiger charge is 2.31. The van der Waals surface area contributed by atoms with Crippen molar-refractivity contribution in [1.29, 1.82) is 0 Å². The average molecular weight is 214 g/mol. The van der Waals surface area contributed by atoms with E-state index in [1.807, 2.05) is 0 Å². The first kappa shape index (κ1) is 14.2. The molecule has 0 aliphatic heterocycles. The third-order valence-electron chi connectivity index (χ3n) is 3.09. The summed E-state index contributed by atoms with van der Waals surface area (Å²) in [6.07, 6.45) is 3.11. The fourth-order valence-electron chi connectivity index (χ4n) is 1.56. The minimum atomic E-state index is -0.320. The number of quaternary nitrogens is 1. The van der Waals surface area contributed by atoms with Gasteiger partial charge in [-0.25, -0.2) is 4.79 Å². The maximum Gasteiger partial charge on any atom is 0.334 e. The molecule has 0 aromatic carbocycles. The highest BCUT2D eigenvalue weighted by Crippen LogP contribution is 2.16. The molecule has 0 aromatic heterocycles. The maximum absolute atomic E-state index is 11.2. The van der Waals surface area contributed by atoms with Crippen LogP contribution in [0, 0.1) is 0 Å². The van der Waals surface area contributed by atoms with E-state index in [2.05, 4.69) is 34.4 Å². The second-order valence-corrected chi connectivity index (χ2v) is 4.00. The zero-order valence-electron chi connectivity index (χ0n) is 10.5. The van der Waals surface area contributed by atoms with Crippen LogP contribution < -0.4 is 0 Å². The van der Waals surface area contributed by atoms with Gasteiger partial charge in [-0.05, 0) is 20.3 Å². The highest BCUT2D eigenvalue weighted by atomic mass is 16.6. The third-order valence-corrected chi connectivity index (χ3v) is 3.09. The molecule has 88 valence electrons. The maximum atomic E-state index is 11.2. The molecule has 0 aromatic rings. The predicted octanol–water partition coefficient (Wildman–Crippen LogP) is 2.33. The molecular formula is C12H24NO2+. The van der Waals surface area contributed by atoms with Gasteiger partial charge in [-0.1, -0.05) is 13.5 Å². The van der Waals surface area contributed by atoms with Gasteiger partial charge in [-0.15, -0.1) is 0 Å². The van der Waals surface area contributed by atoms with Crippen LogP contribution in [0.25, 0.3) is 0 Å². The summed E-state index contributed by atoms with van der Waals surface area (Å²) in [6, 6.07) is 0. The zero-order valence-corrected chi connectivity index (χ0v) is 10.5. The molecule has 0 aliphatic carbocycles. The number of ether oxygens (including phenoxy) is 1. The van der Waals surface area contributed by atoms with Crippen molar-refractivity contribution in [2.45, 2.75) is 39.8 Å². The number of carbonyl (C=O) groups excluding carboxylic acids is 1. The van der Waals surface area contributed by atoms with E-state index in [0.29, 0.717) is 0 Å². The van der Waals surface area contributed by atoms with E-state index < -0.39 is 0 Å². The van der Waals surface area contributed by atoms with Crippen molar-refractivity contribution in [2.24, 2.45) is 0 Å². The molecule has 0 aliphatic rings. The largest absolute Gasteiger partial charge is 0.409 e. The lowest BCUT2D eigenvalue weighted by Crippen LogP contribution is -2.53. The summed E-state index contributed by atoms with van der Waals surface area (Å²) < 4.78 is 6.17. The van der Waals surface area contributed by atoms with E-state index in [9.17, 15) is 4.79 Å². The summed E-state index contributed by atoms with van der Waals surface area (Å²) in [5, 5.41) is 0. The Bertz CT molecular complexity index is 210. The van der Waals surface area contributed by atoms with Crippen LogP contribution in [0.15, 0.2) is 12.7 Å². The summed E-state index contributed by atoms with van der Waals surface area (Å²) in [6.45, 7) is 11.7. The van der Waals surface area contributed by atoms with Gasteiger partial charge in [-0.3, -0.25) is 4.48 Å². The van der Waals surface area contributed by atoms with Crippen molar-refractivity contribution in [3.05, 3.63) is 12.7 Å². The van der Waals surface area contributed by atoms with E-state index in [1.165, 1.54) is 6.08 Å². The van der Waals surface area contributed by atoms with Gasteiger partial charge in [0.25, 0.3) is 0 Å². The molecule has 0 bridgehead atoms. The minimum absolute atomic E-state index is 0.0458. The standard InChI is InChI=1S/C12H24NO2/c1-6-10-11(15-12(14)7-2)13(5,8-3)9-4/h7,11H,2,6,8-10H2,1,3-5H3/q+1. The number of nitrogens with zero attached hydrogens (tertiary/aromatic N) is 1. The van der Waals surface area contributed by atoms with E-state index >= 15 is 0 Å². The van der Waals surface area contributed by atoms with Gasteiger partial charge in [0, 0.05) is 12.5 Å². The van der Waals surface area contributed by atoms with Crippen molar-refractivity contribution >= 4 is 5.97 Å². The summed E-state index contributed by atoms with van der Waals surface area (Å²) >= 11 is 0. The van der Waals surface area contributed by atoms with Gasteiger partial charge in [0.1, 0.15) is 0 Å². The zero-order chi connectivity index (χ0) is 11.9. The summed E-state index contributed by atoms with van der Waals surface area (Å²) in [5.74, 6) is -0.320. The van der Waals surface area contributed by atoms with Gasteiger partial charge in [-0.2, -0.15) is 0 Å².